The lowest BCUT2D eigenvalue weighted by Crippen LogP contribution is -2.38. The van der Waals surface area contributed by atoms with Gasteiger partial charge < -0.3 is 10.2 Å². The van der Waals surface area contributed by atoms with Gasteiger partial charge in [-0.25, -0.2) is 0 Å². The minimum absolute atomic E-state index is 0.334. The zero-order chi connectivity index (χ0) is 15.2. The number of nitrogens with one attached hydrogen (secondary N) is 1. The number of carbonyl (C=O) groups excluding carboxylic acids is 1. The van der Waals surface area contributed by atoms with E-state index >= 15 is 0 Å². The first-order chi connectivity index (χ1) is 10.8. The van der Waals surface area contributed by atoms with Gasteiger partial charge in [-0.05, 0) is 31.4 Å². The van der Waals surface area contributed by atoms with Crippen molar-refractivity contribution >= 4 is 5.91 Å². The highest BCUT2D eigenvalue weighted by molar-refractivity contribution is 5.76. The maximum absolute atomic E-state index is 12.4. The summed E-state index contributed by atoms with van der Waals surface area (Å²) in [6, 6.07) is 11.0. The van der Waals surface area contributed by atoms with Crippen molar-refractivity contribution in [1.82, 2.24) is 15.1 Å². The van der Waals surface area contributed by atoms with Crippen LogP contribution in [0.2, 0.25) is 0 Å². The SMILES string of the molecule is O=C(CC1CCCN1)N1CCCN(Cc2ccccc2)CC1. The van der Waals surface area contributed by atoms with Crippen molar-refractivity contribution in [2.24, 2.45) is 0 Å². The summed E-state index contributed by atoms with van der Waals surface area (Å²) in [5, 5.41) is 3.43. The molecule has 120 valence electrons. The van der Waals surface area contributed by atoms with Gasteiger partial charge in [-0.15, -0.1) is 0 Å². The van der Waals surface area contributed by atoms with Crippen LogP contribution in [0, 0.1) is 0 Å². The van der Waals surface area contributed by atoms with Crippen molar-refractivity contribution in [3.05, 3.63) is 35.9 Å². The predicted octanol–water partition coefficient (Wildman–Crippen LogP) is 1.86. The van der Waals surface area contributed by atoms with E-state index in [9.17, 15) is 4.79 Å². The molecule has 4 nitrogen and oxygen atoms in total. The average molecular weight is 301 g/mol. The van der Waals surface area contributed by atoms with Crippen molar-refractivity contribution in [1.29, 1.82) is 0 Å². The third kappa shape index (κ3) is 4.31. The second-order valence-electron chi connectivity index (χ2n) is 6.49. The molecule has 2 fully saturated rings. The Morgan fingerprint density at radius 1 is 1.09 bits per heavy atom. The minimum Gasteiger partial charge on any atom is -0.341 e. The maximum Gasteiger partial charge on any atom is 0.224 e. The van der Waals surface area contributed by atoms with Gasteiger partial charge in [0, 0.05) is 45.2 Å². The van der Waals surface area contributed by atoms with E-state index in [1.807, 2.05) is 0 Å². The van der Waals surface area contributed by atoms with Crippen molar-refractivity contribution in [3.63, 3.8) is 0 Å². The molecule has 0 radical (unpaired) electrons. The van der Waals surface area contributed by atoms with Crippen LogP contribution < -0.4 is 5.32 Å². The number of amides is 1. The molecule has 0 bridgehead atoms. The smallest absolute Gasteiger partial charge is 0.224 e. The highest BCUT2D eigenvalue weighted by Gasteiger charge is 2.23. The van der Waals surface area contributed by atoms with E-state index in [-0.39, 0.29) is 0 Å². The standard InChI is InChI=1S/C18H27N3O/c22-18(14-17-8-4-9-19-17)21-11-5-10-20(12-13-21)15-16-6-2-1-3-7-16/h1-3,6-7,17,19H,4-5,8-15H2. The van der Waals surface area contributed by atoms with Gasteiger partial charge >= 0.3 is 0 Å². The van der Waals surface area contributed by atoms with Crippen molar-refractivity contribution in [3.8, 4) is 0 Å². The topological polar surface area (TPSA) is 35.6 Å². The van der Waals surface area contributed by atoms with Crippen LogP contribution in [0.25, 0.3) is 0 Å². The molecule has 1 N–H and O–H groups in total. The summed E-state index contributed by atoms with van der Waals surface area (Å²) in [7, 11) is 0. The van der Waals surface area contributed by atoms with E-state index in [2.05, 4.69) is 45.4 Å². The molecular weight excluding hydrogens is 274 g/mol. The van der Waals surface area contributed by atoms with Gasteiger partial charge in [-0.1, -0.05) is 30.3 Å². The van der Waals surface area contributed by atoms with Gasteiger partial charge in [-0.2, -0.15) is 0 Å². The second-order valence-corrected chi connectivity index (χ2v) is 6.49. The molecule has 2 aliphatic rings. The molecule has 0 aliphatic carbocycles. The van der Waals surface area contributed by atoms with Gasteiger partial charge in [-0.3, -0.25) is 9.69 Å². The number of hydrogen-bond acceptors (Lipinski definition) is 3. The molecule has 0 aromatic heterocycles. The minimum atomic E-state index is 0.334. The lowest BCUT2D eigenvalue weighted by atomic mass is 10.1. The number of benzene rings is 1. The fourth-order valence-electron chi connectivity index (χ4n) is 3.49. The number of rotatable bonds is 4. The normalized spacial score (nSPS) is 23.5. The maximum atomic E-state index is 12.4. The number of hydrogen-bond donors (Lipinski definition) is 1. The molecule has 1 atom stereocenters. The molecule has 2 aliphatic heterocycles. The van der Waals surface area contributed by atoms with Crippen molar-refractivity contribution < 1.29 is 4.79 Å². The molecule has 1 amide bonds. The Kier molecular flexibility index (Phi) is 5.46. The first-order valence-corrected chi connectivity index (χ1v) is 8.59. The van der Waals surface area contributed by atoms with Crippen LogP contribution in [-0.4, -0.2) is 54.5 Å². The van der Waals surface area contributed by atoms with E-state index in [0.717, 1.165) is 52.1 Å². The quantitative estimate of drug-likeness (QED) is 0.922. The van der Waals surface area contributed by atoms with Crippen LogP contribution in [0.5, 0.6) is 0 Å². The zero-order valence-electron chi connectivity index (χ0n) is 13.3. The molecule has 2 heterocycles. The fraction of sp³-hybridized carbons (Fsp3) is 0.611. The van der Waals surface area contributed by atoms with Crippen LogP contribution in [0.3, 0.4) is 0 Å². The van der Waals surface area contributed by atoms with Crippen LogP contribution in [0.1, 0.15) is 31.2 Å². The van der Waals surface area contributed by atoms with Crippen LogP contribution in [0.4, 0.5) is 0 Å². The third-order valence-electron chi connectivity index (χ3n) is 4.77. The fourth-order valence-corrected chi connectivity index (χ4v) is 3.49. The summed E-state index contributed by atoms with van der Waals surface area (Å²) in [5.74, 6) is 0.334. The summed E-state index contributed by atoms with van der Waals surface area (Å²) in [5.41, 5.74) is 1.36. The summed E-state index contributed by atoms with van der Waals surface area (Å²) in [6.45, 7) is 5.92. The lowest BCUT2D eigenvalue weighted by molar-refractivity contribution is -0.131. The Morgan fingerprint density at radius 2 is 1.95 bits per heavy atom. The Hall–Kier alpha value is -1.39. The van der Waals surface area contributed by atoms with Crippen molar-refractivity contribution in [2.75, 3.05) is 32.7 Å². The Balaban J connectivity index is 1.47. The molecule has 0 spiro atoms. The summed E-state index contributed by atoms with van der Waals surface area (Å²) in [6.07, 6.45) is 4.12. The average Bonchev–Trinajstić information content (AvgIpc) is 2.93. The third-order valence-corrected chi connectivity index (χ3v) is 4.77. The summed E-state index contributed by atoms with van der Waals surface area (Å²) < 4.78 is 0. The van der Waals surface area contributed by atoms with Gasteiger partial charge in [0.25, 0.3) is 0 Å². The van der Waals surface area contributed by atoms with Crippen LogP contribution >= 0.6 is 0 Å². The van der Waals surface area contributed by atoms with E-state index in [1.165, 1.54) is 12.0 Å². The van der Waals surface area contributed by atoms with Gasteiger partial charge in [0.05, 0.1) is 0 Å². The van der Waals surface area contributed by atoms with Crippen molar-refractivity contribution in [2.45, 2.75) is 38.3 Å². The Bertz CT molecular complexity index is 470. The lowest BCUT2D eigenvalue weighted by Gasteiger charge is -2.23. The number of carbonyl (C=O) groups is 1. The van der Waals surface area contributed by atoms with Crippen LogP contribution in [0.15, 0.2) is 30.3 Å². The summed E-state index contributed by atoms with van der Waals surface area (Å²) in [4.78, 5) is 17.0. The molecule has 0 saturated carbocycles. The van der Waals surface area contributed by atoms with E-state index in [4.69, 9.17) is 0 Å². The highest BCUT2D eigenvalue weighted by Crippen LogP contribution is 2.13. The molecule has 4 heteroatoms. The Morgan fingerprint density at radius 3 is 2.73 bits per heavy atom. The van der Waals surface area contributed by atoms with E-state index in [0.29, 0.717) is 18.4 Å². The molecule has 3 rings (SSSR count). The first-order valence-electron chi connectivity index (χ1n) is 8.59. The van der Waals surface area contributed by atoms with Gasteiger partial charge in [0.2, 0.25) is 5.91 Å². The van der Waals surface area contributed by atoms with Crippen LogP contribution in [-0.2, 0) is 11.3 Å². The molecule has 1 aromatic carbocycles. The second kappa shape index (κ2) is 7.75. The summed E-state index contributed by atoms with van der Waals surface area (Å²) >= 11 is 0. The van der Waals surface area contributed by atoms with Gasteiger partial charge in [0.15, 0.2) is 0 Å². The molecule has 1 unspecified atom stereocenters. The molecule has 22 heavy (non-hydrogen) atoms. The van der Waals surface area contributed by atoms with E-state index < -0.39 is 0 Å². The first kappa shape index (κ1) is 15.5. The molecular formula is C18H27N3O. The molecule has 2 saturated heterocycles. The highest BCUT2D eigenvalue weighted by atomic mass is 16.2. The number of nitrogens with zero attached hydrogens (tertiary/aromatic N) is 2. The monoisotopic (exact) mass is 301 g/mol. The Labute approximate surface area is 133 Å². The zero-order valence-corrected chi connectivity index (χ0v) is 13.3. The molecule has 1 aromatic rings. The largest absolute Gasteiger partial charge is 0.341 e. The predicted molar refractivity (Wildman–Crippen MR) is 88.6 cm³/mol. The van der Waals surface area contributed by atoms with Gasteiger partial charge in [0.1, 0.15) is 0 Å². The van der Waals surface area contributed by atoms with E-state index in [1.54, 1.807) is 0 Å².